The van der Waals surface area contributed by atoms with Crippen molar-refractivity contribution in [2.75, 3.05) is 19.3 Å². The number of rotatable bonds is 8. The smallest absolute Gasteiger partial charge is 0.240 e. The Labute approximate surface area is 261 Å². The Hall–Kier alpha value is -3.46. The molecule has 2 heterocycles. The number of likely N-dealkylation sites (tertiary alicyclic amines) is 1. The number of nitrogens with zero attached hydrogens (tertiary/aromatic N) is 2. The summed E-state index contributed by atoms with van der Waals surface area (Å²) < 4.78 is 28.1. The number of para-hydroxylation sites is 1. The number of hydrogen-bond acceptors (Lipinski definition) is 4. The number of piperidine rings is 1. The fraction of sp³-hybridized carbons (Fsp3) is 0.417. The summed E-state index contributed by atoms with van der Waals surface area (Å²) in [7, 11) is -3.48. The number of fused-ring (bicyclic) bond motifs is 3. The maximum absolute atomic E-state index is 14.2. The molecule has 1 aliphatic heterocycles. The van der Waals surface area contributed by atoms with Crippen molar-refractivity contribution < 1.29 is 13.2 Å². The Morgan fingerprint density at radius 1 is 1.00 bits per heavy atom. The monoisotopic (exact) mass is 612 g/mol. The van der Waals surface area contributed by atoms with Gasteiger partial charge in [-0.1, -0.05) is 72.8 Å². The molecule has 1 aliphatic carbocycles. The van der Waals surface area contributed by atoms with E-state index in [1.807, 2.05) is 59.6 Å². The summed E-state index contributed by atoms with van der Waals surface area (Å²) in [5.41, 5.74) is 5.13. The fourth-order valence-corrected chi connectivity index (χ4v) is 8.47. The number of nitrogens with one attached hydrogen (secondary N) is 2. The van der Waals surface area contributed by atoms with Gasteiger partial charge in [0.25, 0.3) is 0 Å². The molecular formula is C36H44N4O3S. The van der Waals surface area contributed by atoms with Crippen molar-refractivity contribution in [1.29, 1.82) is 0 Å². The molecule has 2 atom stereocenters. The van der Waals surface area contributed by atoms with Crippen LogP contribution < -0.4 is 5.32 Å². The fourth-order valence-electron chi connectivity index (χ4n) is 7.43. The molecule has 1 spiro atoms. The standard InChI is InChI=1S/C36H44N4O3S/c1-35(2,3)38-32(22-27-24-37-31-17-11-9-14-28(27)31)34(41)39-20-18-36(19-21-39)23-33(29-15-8-10-16-30(29)36)40(44(4,42)43)25-26-12-6-5-7-13-26/h5-17,24,32-33,37-38H,18-23,25H2,1-4H3/t32-,33?/m1/s1. The van der Waals surface area contributed by atoms with Crippen LogP contribution in [0.2, 0.25) is 0 Å². The number of H-pyrrole nitrogens is 1. The van der Waals surface area contributed by atoms with Crippen molar-refractivity contribution >= 4 is 26.8 Å². The maximum atomic E-state index is 14.2. The molecule has 1 saturated heterocycles. The zero-order chi connectivity index (χ0) is 31.1. The van der Waals surface area contributed by atoms with E-state index in [-0.39, 0.29) is 28.9 Å². The number of aromatic nitrogens is 1. The topological polar surface area (TPSA) is 85.5 Å². The lowest BCUT2D eigenvalue weighted by atomic mass is 9.73. The highest BCUT2D eigenvalue weighted by Crippen LogP contribution is 2.53. The Bertz CT molecular complexity index is 1730. The van der Waals surface area contributed by atoms with Crippen LogP contribution in [0.4, 0.5) is 0 Å². The minimum absolute atomic E-state index is 0.129. The van der Waals surface area contributed by atoms with E-state index < -0.39 is 10.0 Å². The lowest BCUT2D eigenvalue weighted by Gasteiger charge is -2.42. The lowest BCUT2D eigenvalue weighted by Crippen LogP contribution is -2.56. The molecule has 1 amide bonds. The molecule has 4 aromatic rings. The molecule has 1 aromatic heterocycles. The van der Waals surface area contributed by atoms with Crippen LogP contribution in [0.3, 0.4) is 0 Å². The van der Waals surface area contributed by atoms with E-state index in [1.165, 1.54) is 11.8 Å². The van der Waals surface area contributed by atoms with Gasteiger partial charge in [-0.2, -0.15) is 4.31 Å². The van der Waals surface area contributed by atoms with E-state index in [0.29, 0.717) is 26.1 Å². The van der Waals surface area contributed by atoms with Gasteiger partial charge in [0.05, 0.1) is 18.3 Å². The molecule has 1 unspecified atom stereocenters. The molecule has 0 saturated carbocycles. The highest BCUT2D eigenvalue weighted by Gasteiger charge is 2.49. The second-order valence-electron chi connectivity index (χ2n) is 13.7. The number of carbonyl (C=O) groups excluding carboxylic acids is 1. The van der Waals surface area contributed by atoms with Crippen molar-refractivity contribution in [3.05, 3.63) is 107 Å². The van der Waals surface area contributed by atoms with Crippen molar-refractivity contribution in [2.45, 2.75) is 76.0 Å². The highest BCUT2D eigenvalue weighted by atomic mass is 32.2. The Morgan fingerprint density at radius 3 is 2.36 bits per heavy atom. The normalized spacial score (nSPS) is 19.0. The minimum atomic E-state index is -3.48. The first-order chi connectivity index (χ1) is 20.9. The van der Waals surface area contributed by atoms with Gasteiger partial charge in [-0.3, -0.25) is 4.79 Å². The van der Waals surface area contributed by atoms with Crippen LogP contribution in [0.1, 0.15) is 68.3 Å². The van der Waals surface area contributed by atoms with Crippen LogP contribution in [0, 0.1) is 0 Å². The third-order valence-electron chi connectivity index (χ3n) is 9.47. The van der Waals surface area contributed by atoms with Gasteiger partial charge in [0.2, 0.25) is 15.9 Å². The number of carbonyl (C=O) groups is 1. The molecule has 2 aliphatic rings. The van der Waals surface area contributed by atoms with Crippen LogP contribution in [0.5, 0.6) is 0 Å². The molecule has 1 fully saturated rings. The number of sulfonamides is 1. The Balaban J connectivity index is 1.23. The van der Waals surface area contributed by atoms with Gasteiger partial charge in [-0.15, -0.1) is 0 Å². The number of benzene rings is 3. The number of amides is 1. The van der Waals surface area contributed by atoms with E-state index in [0.717, 1.165) is 46.9 Å². The zero-order valence-corrected chi connectivity index (χ0v) is 27.0. The summed E-state index contributed by atoms with van der Waals surface area (Å²) in [6.07, 6.45) is 6.30. The first-order valence-electron chi connectivity index (χ1n) is 15.7. The van der Waals surface area contributed by atoms with Crippen molar-refractivity contribution in [3.63, 3.8) is 0 Å². The van der Waals surface area contributed by atoms with E-state index >= 15 is 0 Å². The van der Waals surface area contributed by atoms with Crippen molar-refractivity contribution in [1.82, 2.24) is 19.5 Å². The van der Waals surface area contributed by atoms with E-state index in [4.69, 9.17) is 0 Å². The Morgan fingerprint density at radius 2 is 1.66 bits per heavy atom. The first-order valence-corrected chi connectivity index (χ1v) is 17.5. The molecule has 7 nitrogen and oxygen atoms in total. The second kappa shape index (κ2) is 11.8. The second-order valence-corrected chi connectivity index (χ2v) is 15.7. The average Bonchev–Trinajstić information content (AvgIpc) is 3.54. The quantitative estimate of drug-likeness (QED) is 0.258. The number of hydrogen-bond donors (Lipinski definition) is 2. The third-order valence-corrected chi connectivity index (χ3v) is 10.7. The van der Waals surface area contributed by atoms with Gasteiger partial charge in [0.1, 0.15) is 0 Å². The number of aromatic amines is 1. The van der Waals surface area contributed by atoms with Crippen molar-refractivity contribution in [2.24, 2.45) is 0 Å². The third kappa shape index (κ3) is 6.21. The summed E-state index contributed by atoms with van der Waals surface area (Å²) in [6.45, 7) is 7.94. The predicted molar refractivity (Wildman–Crippen MR) is 177 cm³/mol. The summed E-state index contributed by atoms with van der Waals surface area (Å²) >= 11 is 0. The van der Waals surface area contributed by atoms with Gasteiger partial charge in [-0.25, -0.2) is 8.42 Å². The molecular weight excluding hydrogens is 568 g/mol. The SMILES string of the molecule is CC(C)(C)N[C@H](Cc1c[nH]c2ccccc12)C(=O)N1CCC2(CC1)CC(N(Cc1ccccc1)S(C)(=O)=O)c1ccccc12. The minimum Gasteiger partial charge on any atom is -0.361 e. The molecule has 8 heteroatoms. The molecule has 3 aromatic carbocycles. The van der Waals surface area contributed by atoms with E-state index in [2.05, 4.69) is 61.4 Å². The van der Waals surface area contributed by atoms with E-state index in [9.17, 15) is 13.2 Å². The first kappa shape index (κ1) is 30.6. The molecule has 232 valence electrons. The van der Waals surface area contributed by atoms with Crippen LogP contribution in [-0.2, 0) is 33.2 Å². The summed E-state index contributed by atoms with van der Waals surface area (Å²) in [4.78, 5) is 19.5. The average molecular weight is 613 g/mol. The molecule has 2 N–H and O–H groups in total. The van der Waals surface area contributed by atoms with Crippen molar-refractivity contribution in [3.8, 4) is 0 Å². The van der Waals surface area contributed by atoms with Crippen LogP contribution in [-0.4, -0.2) is 59.4 Å². The largest absolute Gasteiger partial charge is 0.361 e. The van der Waals surface area contributed by atoms with Crippen LogP contribution in [0.25, 0.3) is 10.9 Å². The predicted octanol–water partition coefficient (Wildman–Crippen LogP) is 5.93. The van der Waals surface area contributed by atoms with Crippen LogP contribution in [0.15, 0.2) is 85.1 Å². The Kier molecular flexibility index (Phi) is 8.20. The van der Waals surface area contributed by atoms with E-state index in [1.54, 1.807) is 4.31 Å². The van der Waals surface area contributed by atoms with Gasteiger partial charge in [0, 0.05) is 47.7 Å². The molecule has 44 heavy (non-hydrogen) atoms. The zero-order valence-electron chi connectivity index (χ0n) is 26.2. The lowest BCUT2D eigenvalue weighted by molar-refractivity contribution is -0.135. The summed E-state index contributed by atoms with van der Waals surface area (Å²) in [5.74, 6) is 0.129. The van der Waals surface area contributed by atoms with Gasteiger partial charge < -0.3 is 15.2 Å². The molecule has 0 radical (unpaired) electrons. The molecule has 0 bridgehead atoms. The highest BCUT2D eigenvalue weighted by molar-refractivity contribution is 7.88. The van der Waals surface area contributed by atoms with Crippen LogP contribution >= 0.6 is 0 Å². The molecule has 6 rings (SSSR count). The maximum Gasteiger partial charge on any atom is 0.240 e. The van der Waals surface area contributed by atoms with Gasteiger partial charge in [-0.05, 0) is 74.8 Å². The summed E-state index contributed by atoms with van der Waals surface area (Å²) in [5, 5.41) is 4.77. The van der Waals surface area contributed by atoms with Gasteiger partial charge in [0.15, 0.2) is 0 Å². The van der Waals surface area contributed by atoms with Gasteiger partial charge >= 0.3 is 0 Å². The summed E-state index contributed by atoms with van der Waals surface area (Å²) in [6, 6.07) is 25.8.